The Morgan fingerprint density at radius 2 is 2.22 bits per heavy atom. The van der Waals surface area contributed by atoms with Gasteiger partial charge in [-0.1, -0.05) is 13.8 Å². The molecule has 6 heteroatoms. The molecule has 1 aliphatic heterocycles. The van der Waals surface area contributed by atoms with Crippen molar-refractivity contribution in [2.24, 2.45) is 5.92 Å². The summed E-state index contributed by atoms with van der Waals surface area (Å²) in [5, 5.41) is 8.85. The second-order valence-electron chi connectivity index (χ2n) is 4.68. The van der Waals surface area contributed by atoms with Crippen molar-refractivity contribution in [3.63, 3.8) is 0 Å². The van der Waals surface area contributed by atoms with Crippen LogP contribution in [0.1, 0.15) is 13.8 Å². The van der Waals surface area contributed by atoms with E-state index in [-0.39, 0.29) is 18.5 Å². The van der Waals surface area contributed by atoms with Crippen LogP contribution in [0.25, 0.3) is 0 Å². The van der Waals surface area contributed by atoms with Gasteiger partial charge >= 0.3 is 5.97 Å². The zero-order valence-corrected chi connectivity index (χ0v) is 11.3. The standard InChI is InChI=1S/C12H22N2O4/c1-4-14-5-6-18-8-10(14)11(15)13(3)7-9(2)12(16)17/h9-10H,4-8H2,1-3H3,(H,16,17). The number of carboxylic acids is 1. The molecule has 1 amide bonds. The highest BCUT2D eigenvalue weighted by molar-refractivity contribution is 5.82. The van der Waals surface area contributed by atoms with Crippen LogP contribution < -0.4 is 0 Å². The predicted octanol–water partition coefficient (Wildman–Crippen LogP) is -0.114. The summed E-state index contributed by atoms with van der Waals surface area (Å²) < 4.78 is 5.33. The molecule has 0 spiro atoms. The van der Waals surface area contributed by atoms with Gasteiger partial charge in [0.05, 0.1) is 19.1 Å². The van der Waals surface area contributed by atoms with Crippen molar-refractivity contribution < 1.29 is 19.4 Å². The highest BCUT2D eigenvalue weighted by Gasteiger charge is 2.31. The van der Waals surface area contributed by atoms with E-state index >= 15 is 0 Å². The minimum absolute atomic E-state index is 0.0651. The molecular weight excluding hydrogens is 236 g/mol. The molecule has 104 valence electrons. The zero-order valence-electron chi connectivity index (χ0n) is 11.3. The first kappa shape index (κ1) is 14.9. The highest BCUT2D eigenvalue weighted by Crippen LogP contribution is 2.10. The third-order valence-corrected chi connectivity index (χ3v) is 3.28. The van der Waals surface area contributed by atoms with Gasteiger partial charge in [-0.2, -0.15) is 0 Å². The highest BCUT2D eigenvalue weighted by atomic mass is 16.5. The van der Waals surface area contributed by atoms with Crippen LogP contribution in [0.2, 0.25) is 0 Å². The number of nitrogens with zero attached hydrogens (tertiary/aromatic N) is 2. The molecule has 0 aliphatic carbocycles. The summed E-state index contributed by atoms with van der Waals surface area (Å²) in [5.41, 5.74) is 0. The lowest BCUT2D eigenvalue weighted by Crippen LogP contribution is -2.54. The fourth-order valence-corrected chi connectivity index (χ4v) is 2.08. The van der Waals surface area contributed by atoms with Crippen LogP contribution in [0, 0.1) is 5.92 Å². The molecule has 1 rings (SSSR count). The van der Waals surface area contributed by atoms with E-state index in [9.17, 15) is 9.59 Å². The third-order valence-electron chi connectivity index (χ3n) is 3.28. The molecule has 0 aromatic rings. The minimum atomic E-state index is -0.887. The lowest BCUT2D eigenvalue weighted by atomic mass is 10.1. The van der Waals surface area contributed by atoms with Gasteiger partial charge in [-0.05, 0) is 6.54 Å². The molecule has 1 heterocycles. The number of ether oxygens (including phenoxy) is 1. The van der Waals surface area contributed by atoms with Crippen LogP contribution in [0.4, 0.5) is 0 Å². The fourth-order valence-electron chi connectivity index (χ4n) is 2.08. The number of hydrogen-bond acceptors (Lipinski definition) is 4. The monoisotopic (exact) mass is 258 g/mol. The van der Waals surface area contributed by atoms with Crippen molar-refractivity contribution in [2.75, 3.05) is 39.9 Å². The average Bonchev–Trinajstić information content (AvgIpc) is 2.37. The van der Waals surface area contributed by atoms with E-state index in [4.69, 9.17) is 9.84 Å². The topological polar surface area (TPSA) is 70.1 Å². The molecule has 1 fully saturated rings. The van der Waals surface area contributed by atoms with Crippen LogP contribution in [0.5, 0.6) is 0 Å². The minimum Gasteiger partial charge on any atom is -0.481 e. The number of aliphatic carboxylic acids is 1. The normalized spacial score (nSPS) is 22.5. The zero-order chi connectivity index (χ0) is 13.7. The van der Waals surface area contributed by atoms with E-state index in [1.54, 1.807) is 14.0 Å². The summed E-state index contributed by atoms with van der Waals surface area (Å²) in [5.74, 6) is -1.51. The van der Waals surface area contributed by atoms with Crippen molar-refractivity contribution in [1.29, 1.82) is 0 Å². The van der Waals surface area contributed by atoms with E-state index < -0.39 is 11.9 Å². The van der Waals surface area contributed by atoms with Crippen molar-refractivity contribution >= 4 is 11.9 Å². The molecule has 0 saturated carbocycles. The molecule has 0 radical (unpaired) electrons. The van der Waals surface area contributed by atoms with Gasteiger partial charge < -0.3 is 14.7 Å². The Morgan fingerprint density at radius 3 is 2.78 bits per heavy atom. The van der Waals surface area contributed by atoms with Crippen LogP contribution >= 0.6 is 0 Å². The van der Waals surface area contributed by atoms with Gasteiger partial charge in [0, 0.05) is 20.1 Å². The maximum atomic E-state index is 12.2. The number of carbonyl (C=O) groups excluding carboxylic acids is 1. The number of amides is 1. The molecule has 6 nitrogen and oxygen atoms in total. The van der Waals surface area contributed by atoms with Gasteiger partial charge in [0.2, 0.25) is 5.91 Å². The number of morpholine rings is 1. The van der Waals surface area contributed by atoms with Gasteiger partial charge in [0.15, 0.2) is 0 Å². The smallest absolute Gasteiger partial charge is 0.308 e. The van der Waals surface area contributed by atoms with Gasteiger partial charge in [-0.15, -0.1) is 0 Å². The molecular formula is C12H22N2O4. The first-order valence-corrected chi connectivity index (χ1v) is 6.27. The lowest BCUT2D eigenvalue weighted by molar-refractivity contribution is -0.146. The molecule has 1 saturated heterocycles. The maximum absolute atomic E-state index is 12.2. The Balaban J connectivity index is 2.58. The summed E-state index contributed by atoms with van der Waals surface area (Å²) in [6, 6.07) is -0.283. The second kappa shape index (κ2) is 6.70. The van der Waals surface area contributed by atoms with Gasteiger partial charge in [-0.25, -0.2) is 0 Å². The average molecular weight is 258 g/mol. The van der Waals surface area contributed by atoms with Crippen molar-refractivity contribution in [1.82, 2.24) is 9.80 Å². The van der Waals surface area contributed by atoms with Crippen LogP contribution in [-0.2, 0) is 14.3 Å². The molecule has 0 aromatic heterocycles. The molecule has 1 aliphatic rings. The molecule has 1 N–H and O–H groups in total. The molecule has 0 aromatic carbocycles. The molecule has 2 unspecified atom stereocenters. The lowest BCUT2D eigenvalue weighted by Gasteiger charge is -2.36. The number of carboxylic acid groups (broad SMARTS) is 1. The van der Waals surface area contributed by atoms with Crippen LogP contribution in [0.3, 0.4) is 0 Å². The number of carbonyl (C=O) groups is 2. The second-order valence-corrected chi connectivity index (χ2v) is 4.68. The maximum Gasteiger partial charge on any atom is 0.308 e. The summed E-state index contributed by atoms with van der Waals surface area (Å²) in [7, 11) is 1.64. The first-order valence-electron chi connectivity index (χ1n) is 6.27. The van der Waals surface area contributed by atoms with Gasteiger partial charge in [0.25, 0.3) is 0 Å². The van der Waals surface area contributed by atoms with Crippen molar-refractivity contribution in [3.8, 4) is 0 Å². The van der Waals surface area contributed by atoms with E-state index in [0.29, 0.717) is 13.2 Å². The Labute approximate surface area is 107 Å². The molecule has 18 heavy (non-hydrogen) atoms. The number of likely N-dealkylation sites (N-methyl/N-ethyl adjacent to an activating group) is 2. The van der Waals surface area contributed by atoms with E-state index in [1.165, 1.54) is 4.90 Å². The Bertz CT molecular complexity index is 308. The van der Waals surface area contributed by atoms with Crippen LogP contribution in [-0.4, -0.2) is 72.7 Å². The van der Waals surface area contributed by atoms with Crippen molar-refractivity contribution in [3.05, 3.63) is 0 Å². The summed E-state index contributed by atoms with van der Waals surface area (Å²) in [4.78, 5) is 26.6. The van der Waals surface area contributed by atoms with E-state index in [1.807, 2.05) is 6.92 Å². The first-order chi connectivity index (χ1) is 8.47. The van der Waals surface area contributed by atoms with Gasteiger partial charge in [0.1, 0.15) is 6.04 Å². The largest absolute Gasteiger partial charge is 0.481 e. The summed E-state index contributed by atoms with van der Waals surface area (Å²) in [6.45, 7) is 6.40. The summed E-state index contributed by atoms with van der Waals surface area (Å²) >= 11 is 0. The number of hydrogen-bond donors (Lipinski definition) is 1. The SMILES string of the molecule is CCN1CCOCC1C(=O)N(C)CC(C)C(=O)O. The van der Waals surface area contributed by atoms with Crippen molar-refractivity contribution in [2.45, 2.75) is 19.9 Å². The fraction of sp³-hybridized carbons (Fsp3) is 0.833. The van der Waals surface area contributed by atoms with E-state index in [0.717, 1.165) is 13.1 Å². The third kappa shape index (κ3) is 3.68. The predicted molar refractivity (Wildman–Crippen MR) is 66.3 cm³/mol. The molecule has 0 bridgehead atoms. The van der Waals surface area contributed by atoms with Gasteiger partial charge in [-0.3, -0.25) is 14.5 Å². The Morgan fingerprint density at radius 1 is 1.56 bits per heavy atom. The quantitative estimate of drug-likeness (QED) is 0.745. The Hall–Kier alpha value is -1.14. The molecule has 2 atom stereocenters. The van der Waals surface area contributed by atoms with E-state index in [2.05, 4.69) is 4.90 Å². The van der Waals surface area contributed by atoms with Crippen LogP contribution in [0.15, 0.2) is 0 Å². The Kier molecular flexibility index (Phi) is 5.55. The summed E-state index contributed by atoms with van der Waals surface area (Å²) in [6.07, 6.45) is 0. The number of rotatable bonds is 5.